The zero-order valence-electron chi connectivity index (χ0n) is 9.01. The Labute approximate surface area is 107 Å². The molecule has 0 atom stereocenters. The summed E-state index contributed by atoms with van der Waals surface area (Å²) in [6.07, 6.45) is 0.489. The maximum Gasteiger partial charge on any atom is 0.224 e. The second kappa shape index (κ2) is 5.75. The van der Waals surface area contributed by atoms with Crippen molar-refractivity contribution in [3.63, 3.8) is 0 Å². The average Bonchev–Trinajstić information content (AvgIpc) is 2.97. The molecule has 0 fully saturated rings. The summed E-state index contributed by atoms with van der Waals surface area (Å²) in [4.78, 5) is 23.9. The molecule has 3 nitrogen and oxygen atoms in total. The quantitative estimate of drug-likeness (QED) is 0.842. The number of thiophene rings is 2. The molecule has 17 heavy (non-hydrogen) atoms. The molecule has 5 heteroatoms. The Kier molecular flexibility index (Phi) is 4.06. The monoisotopic (exact) mass is 265 g/mol. The van der Waals surface area contributed by atoms with Crippen molar-refractivity contribution < 1.29 is 9.59 Å². The molecule has 0 aliphatic heterocycles. The van der Waals surface area contributed by atoms with Crippen LogP contribution in [-0.4, -0.2) is 11.7 Å². The van der Waals surface area contributed by atoms with E-state index in [0.29, 0.717) is 4.88 Å². The lowest BCUT2D eigenvalue weighted by atomic mass is 10.2. The van der Waals surface area contributed by atoms with Gasteiger partial charge < -0.3 is 5.32 Å². The fraction of sp³-hybridized carbons (Fsp3) is 0.167. The molecule has 0 aromatic carbocycles. The average molecular weight is 265 g/mol. The van der Waals surface area contributed by atoms with Crippen molar-refractivity contribution in [3.05, 3.63) is 39.2 Å². The number of Topliss-reactive ketones (excluding diaryl/α,β-unsaturated/α-hetero) is 1. The lowest BCUT2D eigenvalue weighted by Gasteiger charge is -2.01. The smallest absolute Gasteiger partial charge is 0.224 e. The van der Waals surface area contributed by atoms with E-state index in [-0.39, 0.29) is 24.5 Å². The second-order valence-electron chi connectivity index (χ2n) is 3.46. The van der Waals surface area contributed by atoms with Gasteiger partial charge in [0.2, 0.25) is 5.91 Å². The standard InChI is InChI=1S/C12H11NO2S2/c14-10(11-2-1-6-17-11)3-4-12(15)13-9-5-7-16-8-9/h1-2,5-8H,3-4H2,(H,13,15). The van der Waals surface area contributed by atoms with Crippen LogP contribution in [0.1, 0.15) is 22.5 Å². The lowest BCUT2D eigenvalue weighted by molar-refractivity contribution is -0.116. The van der Waals surface area contributed by atoms with Gasteiger partial charge in [-0.15, -0.1) is 11.3 Å². The number of ketones is 1. The van der Waals surface area contributed by atoms with Crippen LogP contribution in [0.15, 0.2) is 34.3 Å². The molecular formula is C12H11NO2S2. The normalized spacial score (nSPS) is 10.1. The summed E-state index contributed by atoms with van der Waals surface area (Å²) in [5.74, 6) is -0.0891. The van der Waals surface area contributed by atoms with Gasteiger partial charge in [-0.1, -0.05) is 6.07 Å². The molecular weight excluding hydrogens is 254 g/mol. The largest absolute Gasteiger partial charge is 0.325 e. The van der Waals surface area contributed by atoms with Gasteiger partial charge >= 0.3 is 0 Å². The highest BCUT2D eigenvalue weighted by Gasteiger charge is 2.10. The van der Waals surface area contributed by atoms with E-state index >= 15 is 0 Å². The predicted octanol–water partition coefficient (Wildman–Crippen LogP) is 3.41. The number of hydrogen-bond acceptors (Lipinski definition) is 4. The molecule has 2 heterocycles. The maximum atomic E-state index is 11.6. The van der Waals surface area contributed by atoms with E-state index in [4.69, 9.17) is 0 Å². The van der Waals surface area contributed by atoms with Gasteiger partial charge in [0.15, 0.2) is 5.78 Å². The minimum atomic E-state index is -0.117. The number of nitrogens with one attached hydrogen (secondary N) is 1. The highest BCUT2D eigenvalue weighted by molar-refractivity contribution is 7.12. The molecule has 0 saturated heterocycles. The van der Waals surface area contributed by atoms with Crippen molar-refractivity contribution >= 4 is 40.1 Å². The lowest BCUT2D eigenvalue weighted by Crippen LogP contribution is -2.12. The molecule has 2 aromatic heterocycles. The molecule has 0 bridgehead atoms. The van der Waals surface area contributed by atoms with Gasteiger partial charge in [0.05, 0.1) is 10.6 Å². The Morgan fingerprint density at radius 2 is 2.06 bits per heavy atom. The Morgan fingerprint density at radius 1 is 1.18 bits per heavy atom. The number of carbonyl (C=O) groups excluding carboxylic acids is 2. The Bertz CT molecular complexity index is 489. The Balaban J connectivity index is 1.79. The highest BCUT2D eigenvalue weighted by Crippen LogP contribution is 2.14. The number of rotatable bonds is 5. The molecule has 0 aliphatic carbocycles. The zero-order chi connectivity index (χ0) is 12.1. The fourth-order valence-electron chi connectivity index (χ4n) is 1.35. The summed E-state index contributed by atoms with van der Waals surface area (Å²) in [5.41, 5.74) is 0.795. The summed E-state index contributed by atoms with van der Waals surface area (Å²) in [5, 5.41) is 8.36. The molecule has 0 spiro atoms. The van der Waals surface area contributed by atoms with Crippen molar-refractivity contribution in [1.82, 2.24) is 0 Å². The van der Waals surface area contributed by atoms with Crippen molar-refractivity contribution in [1.29, 1.82) is 0 Å². The van der Waals surface area contributed by atoms with Gasteiger partial charge in [0.25, 0.3) is 0 Å². The molecule has 88 valence electrons. The van der Waals surface area contributed by atoms with Crippen LogP contribution in [-0.2, 0) is 4.79 Å². The third kappa shape index (κ3) is 3.51. The molecule has 1 N–H and O–H groups in total. The van der Waals surface area contributed by atoms with Crippen molar-refractivity contribution in [2.45, 2.75) is 12.8 Å². The highest BCUT2D eigenvalue weighted by atomic mass is 32.1. The number of anilines is 1. The summed E-state index contributed by atoms with van der Waals surface area (Å²) >= 11 is 2.93. The van der Waals surface area contributed by atoms with Crippen LogP contribution in [0, 0.1) is 0 Å². The van der Waals surface area contributed by atoms with Crippen molar-refractivity contribution in [2.24, 2.45) is 0 Å². The van der Waals surface area contributed by atoms with Gasteiger partial charge in [-0.3, -0.25) is 9.59 Å². The SMILES string of the molecule is O=C(CCC(=O)c1cccs1)Nc1ccsc1. The first-order chi connectivity index (χ1) is 8.25. The van der Waals surface area contributed by atoms with E-state index in [1.165, 1.54) is 22.7 Å². The first-order valence-corrected chi connectivity index (χ1v) is 6.97. The maximum absolute atomic E-state index is 11.6. The second-order valence-corrected chi connectivity index (χ2v) is 5.19. The van der Waals surface area contributed by atoms with Gasteiger partial charge in [-0.25, -0.2) is 0 Å². The third-order valence-electron chi connectivity index (χ3n) is 2.18. The van der Waals surface area contributed by atoms with Crippen LogP contribution in [0.3, 0.4) is 0 Å². The zero-order valence-corrected chi connectivity index (χ0v) is 10.6. The molecule has 2 rings (SSSR count). The van der Waals surface area contributed by atoms with Crippen LogP contribution in [0.25, 0.3) is 0 Å². The minimum Gasteiger partial charge on any atom is -0.325 e. The predicted molar refractivity (Wildman–Crippen MR) is 70.8 cm³/mol. The van der Waals surface area contributed by atoms with Crippen LogP contribution >= 0.6 is 22.7 Å². The topological polar surface area (TPSA) is 46.2 Å². The van der Waals surface area contributed by atoms with Crippen LogP contribution in [0.2, 0.25) is 0 Å². The third-order valence-corrected chi connectivity index (χ3v) is 3.77. The molecule has 0 aliphatic rings. The summed E-state index contributed by atoms with van der Waals surface area (Å²) in [7, 11) is 0. The van der Waals surface area contributed by atoms with E-state index in [9.17, 15) is 9.59 Å². The van der Waals surface area contributed by atoms with Gasteiger partial charge in [-0.05, 0) is 22.9 Å². The van der Waals surface area contributed by atoms with E-state index in [2.05, 4.69) is 5.32 Å². The summed E-state index contributed by atoms with van der Waals surface area (Å²) in [6.45, 7) is 0. The molecule has 1 amide bonds. The van der Waals surface area contributed by atoms with E-state index in [0.717, 1.165) is 5.69 Å². The fourth-order valence-corrected chi connectivity index (χ4v) is 2.63. The van der Waals surface area contributed by atoms with E-state index in [1.807, 2.05) is 28.3 Å². The first kappa shape index (κ1) is 12.0. The van der Waals surface area contributed by atoms with Crippen LogP contribution in [0.5, 0.6) is 0 Å². The molecule has 0 radical (unpaired) electrons. The van der Waals surface area contributed by atoms with Gasteiger partial charge in [-0.2, -0.15) is 11.3 Å². The first-order valence-electron chi connectivity index (χ1n) is 5.14. The minimum absolute atomic E-state index is 0.0282. The van der Waals surface area contributed by atoms with Gasteiger partial charge in [0.1, 0.15) is 0 Å². The van der Waals surface area contributed by atoms with Crippen molar-refractivity contribution in [3.8, 4) is 0 Å². The summed E-state index contributed by atoms with van der Waals surface area (Å²) in [6, 6.07) is 5.46. The van der Waals surface area contributed by atoms with Crippen molar-refractivity contribution in [2.75, 3.05) is 5.32 Å². The molecule has 0 unspecified atom stereocenters. The van der Waals surface area contributed by atoms with Crippen LogP contribution < -0.4 is 5.32 Å². The van der Waals surface area contributed by atoms with Crippen LogP contribution in [0.4, 0.5) is 5.69 Å². The van der Waals surface area contributed by atoms with E-state index < -0.39 is 0 Å². The number of carbonyl (C=O) groups is 2. The Morgan fingerprint density at radius 3 is 2.71 bits per heavy atom. The Hall–Kier alpha value is -1.46. The van der Waals surface area contributed by atoms with Gasteiger partial charge in [0, 0.05) is 18.2 Å². The summed E-state index contributed by atoms with van der Waals surface area (Å²) < 4.78 is 0. The molecule has 0 saturated carbocycles. The number of amides is 1. The van der Waals surface area contributed by atoms with E-state index in [1.54, 1.807) is 6.07 Å². The molecule has 2 aromatic rings. The number of hydrogen-bond donors (Lipinski definition) is 1.